The summed E-state index contributed by atoms with van der Waals surface area (Å²) in [6.45, 7) is 0. The van der Waals surface area contributed by atoms with Crippen LogP contribution in [0.2, 0.25) is 5.02 Å². The third-order valence-electron chi connectivity index (χ3n) is 2.68. The first kappa shape index (κ1) is 9.49. The topological polar surface area (TPSA) is 63.3 Å². The van der Waals surface area contributed by atoms with E-state index in [1.807, 2.05) is 18.2 Å². The Balaban J connectivity index is 2.29. The molecule has 3 nitrogen and oxygen atoms in total. The number of nitrogens with two attached hydrogens (primary N) is 1. The molecule has 0 amide bonds. The van der Waals surface area contributed by atoms with Crippen LogP contribution in [0.15, 0.2) is 24.3 Å². The fourth-order valence-electron chi connectivity index (χ4n) is 1.66. The van der Waals surface area contributed by atoms with Crippen LogP contribution in [0, 0.1) is 0 Å². The molecule has 1 aliphatic carbocycles. The van der Waals surface area contributed by atoms with E-state index in [2.05, 4.69) is 0 Å². The Morgan fingerprint density at radius 1 is 1.57 bits per heavy atom. The van der Waals surface area contributed by atoms with Crippen LogP contribution in [-0.2, 0) is 4.79 Å². The molecule has 74 valence electrons. The lowest BCUT2D eigenvalue weighted by molar-refractivity contribution is -0.139. The van der Waals surface area contributed by atoms with E-state index in [4.69, 9.17) is 22.4 Å². The van der Waals surface area contributed by atoms with Crippen molar-refractivity contribution >= 4 is 17.6 Å². The molecular formula is C10H10ClNO2. The number of carbonyl (C=O) groups is 1. The predicted molar refractivity (Wildman–Crippen MR) is 53.4 cm³/mol. The summed E-state index contributed by atoms with van der Waals surface area (Å²) in [4.78, 5) is 10.8. The lowest BCUT2D eigenvalue weighted by Crippen LogP contribution is -2.34. The van der Waals surface area contributed by atoms with Gasteiger partial charge in [0, 0.05) is 10.9 Å². The van der Waals surface area contributed by atoms with E-state index in [0.29, 0.717) is 11.4 Å². The second-order valence-corrected chi connectivity index (χ2v) is 4.03. The molecule has 0 bridgehead atoms. The molecule has 0 saturated heterocycles. The van der Waals surface area contributed by atoms with Gasteiger partial charge in [-0.25, -0.2) is 0 Å². The minimum atomic E-state index is -1.11. The van der Waals surface area contributed by atoms with Crippen molar-refractivity contribution in [2.75, 3.05) is 0 Å². The highest BCUT2D eigenvalue weighted by Gasteiger charge is 2.58. The largest absolute Gasteiger partial charge is 0.480 e. The lowest BCUT2D eigenvalue weighted by Gasteiger charge is -2.06. The summed E-state index contributed by atoms with van der Waals surface area (Å²) in [6.07, 6.45) is 0.464. The Kier molecular flexibility index (Phi) is 2.01. The SMILES string of the molecule is NC1(C(=O)O)CC1c1ccccc1Cl. The molecule has 1 fully saturated rings. The van der Waals surface area contributed by atoms with Crippen molar-refractivity contribution in [3.8, 4) is 0 Å². The van der Waals surface area contributed by atoms with Gasteiger partial charge in [0.05, 0.1) is 0 Å². The van der Waals surface area contributed by atoms with Gasteiger partial charge in [-0.3, -0.25) is 4.79 Å². The van der Waals surface area contributed by atoms with Crippen LogP contribution >= 0.6 is 11.6 Å². The van der Waals surface area contributed by atoms with Crippen molar-refractivity contribution in [2.24, 2.45) is 5.73 Å². The summed E-state index contributed by atoms with van der Waals surface area (Å²) in [6, 6.07) is 7.22. The highest BCUT2D eigenvalue weighted by atomic mass is 35.5. The number of hydrogen-bond donors (Lipinski definition) is 2. The summed E-state index contributed by atoms with van der Waals surface area (Å²) in [5.74, 6) is -1.10. The van der Waals surface area contributed by atoms with Crippen LogP contribution in [-0.4, -0.2) is 16.6 Å². The van der Waals surface area contributed by atoms with Gasteiger partial charge in [-0.1, -0.05) is 29.8 Å². The zero-order valence-electron chi connectivity index (χ0n) is 7.40. The maximum atomic E-state index is 10.8. The van der Waals surface area contributed by atoms with E-state index in [0.717, 1.165) is 5.56 Å². The van der Waals surface area contributed by atoms with Crippen molar-refractivity contribution in [1.82, 2.24) is 0 Å². The van der Waals surface area contributed by atoms with Crippen LogP contribution in [0.25, 0.3) is 0 Å². The van der Waals surface area contributed by atoms with Gasteiger partial charge in [-0.2, -0.15) is 0 Å². The first-order valence-electron chi connectivity index (χ1n) is 4.32. The maximum absolute atomic E-state index is 10.8. The number of carboxylic acids is 1. The minimum Gasteiger partial charge on any atom is -0.480 e. The van der Waals surface area contributed by atoms with Gasteiger partial charge >= 0.3 is 5.97 Å². The van der Waals surface area contributed by atoms with Gasteiger partial charge in [-0.05, 0) is 18.1 Å². The average molecular weight is 212 g/mol. The van der Waals surface area contributed by atoms with Gasteiger partial charge in [0.1, 0.15) is 5.54 Å². The highest BCUT2D eigenvalue weighted by molar-refractivity contribution is 6.31. The first-order chi connectivity index (χ1) is 6.55. The molecule has 3 N–H and O–H groups in total. The molecule has 14 heavy (non-hydrogen) atoms. The number of hydrogen-bond acceptors (Lipinski definition) is 2. The zero-order chi connectivity index (χ0) is 10.3. The summed E-state index contributed by atoms with van der Waals surface area (Å²) in [5.41, 5.74) is 5.40. The highest BCUT2D eigenvalue weighted by Crippen LogP contribution is 2.51. The standard InChI is InChI=1S/C10H10ClNO2/c11-8-4-2-1-3-6(8)7-5-10(7,12)9(13)14/h1-4,7H,5,12H2,(H,13,14). The van der Waals surface area contributed by atoms with Crippen LogP contribution in [0.5, 0.6) is 0 Å². The number of rotatable bonds is 2. The fourth-order valence-corrected chi connectivity index (χ4v) is 1.93. The maximum Gasteiger partial charge on any atom is 0.324 e. The van der Waals surface area contributed by atoms with Crippen molar-refractivity contribution in [2.45, 2.75) is 17.9 Å². The summed E-state index contributed by atoms with van der Waals surface area (Å²) in [7, 11) is 0. The molecule has 1 aromatic rings. The smallest absolute Gasteiger partial charge is 0.324 e. The van der Waals surface area contributed by atoms with Gasteiger partial charge in [0.25, 0.3) is 0 Å². The van der Waals surface area contributed by atoms with Crippen molar-refractivity contribution in [3.63, 3.8) is 0 Å². The van der Waals surface area contributed by atoms with Crippen LogP contribution in [0.1, 0.15) is 17.9 Å². The first-order valence-corrected chi connectivity index (χ1v) is 4.70. The zero-order valence-corrected chi connectivity index (χ0v) is 8.16. The Morgan fingerprint density at radius 2 is 2.21 bits per heavy atom. The minimum absolute atomic E-state index is 0.145. The molecule has 1 aromatic carbocycles. The molecule has 4 heteroatoms. The van der Waals surface area contributed by atoms with Crippen molar-refractivity contribution in [3.05, 3.63) is 34.9 Å². The van der Waals surface area contributed by atoms with Gasteiger partial charge < -0.3 is 10.8 Å². The predicted octanol–water partition coefficient (Wildman–Crippen LogP) is 1.61. The van der Waals surface area contributed by atoms with E-state index in [-0.39, 0.29) is 5.92 Å². The van der Waals surface area contributed by atoms with Crippen molar-refractivity contribution < 1.29 is 9.90 Å². The third-order valence-corrected chi connectivity index (χ3v) is 3.03. The molecule has 2 atom stereocenters. The molecule has 0 radical (unpaired) electrons. The van der Waals surface area contributed by atoms with Gasteiger partial charge in [0.15, 0.2) is 0 Å². The Hall–Kier alpha value is -1.06. The second kappa shape index (κ2) is 2.97. The molecule has 0 spiro atoms. The Morgan fingerprint density at radius 3 is 2.71 bits per heavy atom. The Bertz CT molecular complexity index is 393. The molecule has 2 unspecified atom stereocenters. The summed E-state index contributed by atoms with van der Waals surface area (Å²) < 4.78 is 0. The number of halogens is 1. The van der Waals surface area contributed by atoms with Crippen LogP contribution < -0.4 is 5.73 Å². The third kappa shape index (κ3) is 1.29. The molecule has 1 saturated carbocycles. The number of aliphatic carboxylic acids is 1. The van der Waals surface area contributed by atoms with Crippen LogP contribution in [0.3, 0.4) is 0 Å². The normalized spacial score (nSPS) is 30.0. The quantitative estimate of drug-likeness (QED) is 0.781. The molecule has 1 aliphatic rings. The molecule has 2 rings (SSSR count). The van der Waals surface area contributed by atoms with E-state index in [1.54, 1.807) is 6.07 Å². The number of benzene rings is 1. The molecule has 0 aromatic heterocycles. The molecular weight excluding hydrogens is 202 g/mol. The molecule has 0 aliphatic heterocycles. The summed E-state index contributed by atoms with van der Waals surface area (Å²) >= 11 is 5.94. The fraction of sp³-hybridized carbons (Fsp3) is 0.300. The average Bonchev–Trinajstić information content (AvgIpc) is 2.80. The van der Waals surface area contributed by atoms with Gasteiger partial charge in [-0.15, -0.1) is 0 Å². The lowest BCUT2D eigenvalue weighted by atomic mass is 10.1. The van der Waals surface area contributed by atoms with E-state index in [9.17, 15) is 4.79 Å². The Labute approximate surface area is 86.5 Å². The number of carboxylic acid groups (broad SMARTS) is 1. The van der Waals surface area contributed by atoms with E-state index < -0.39 is 11.5 Å². The summed E-state index contributed by atoms with van der Waals surface area (Å²) in [5, 5.41) is 9.46. The second-order valence-electron chi connectivity index (χ2n) is 3.62. The van der Waals surface area contributed by atoms with Crippen LogP contribution in [0.4, 0.5) is 0 Å². The van der Waals surface area contributed by atoms with E-state index >= 15 is 0 Å². The van der Waals surface area contributed by atoms with Crippen molar-refractivity contribution in [1.29, 1.82) is 0 Å². The monoisotopic (exact) mass is 211 g/mol. The van der Waals surface area contributed by atoms with E-state index in [1.165, 1.54) is 0 Å². The molecule has 0 heterocycles. The van der Waals surface area contributed by atoms with Gasteiger partial charge in [0.2, 0.25) is 0 Å².